The maximum absolute atomic E-state index is 13.8. The number of benzene rings is 1. The average molecular weight is 247 g/mol. The molecule has 0 aliphatic carbocycles. The molecule has 18 heavy (non-hydrogen) atoms. The zero-order valence-electron chi connectivity index (χ0n) is 10.6. The number of likely N-dealkylation sites (N-methyl/N-ethyl adjacent to an activating group) is 1. The molecule has 4 heteroatoms. The number of nitrogens with one attached hydrogen (secondary N) is 1. The molecule has 1 atom stereocenters. The van der Waals surface area contributed by atoms with E-state index in [2.05, 4.69) is 5.32 Å². The molecule has 3 nitrogen and oxygen atoms in total. The summed E-state index contributed by atoms with van der Waals surface area (Å²) >= 11 is 0. The van der Waals surface area contributed by atoms with Gasteiger partial charge in [0.25, 0.3) is 0 Å². The normalized spacial score (nSPS) is 19.3. The number of halogens is 1. The molecule has 1 heterocycles. The monoisotopic (exact) mass is 247 g/mol. The molecule has 0 saturated carbocycles. The van der Waals surface area contributed by atoms with E-state index in [1.165, 1.54) is 18.9 Å². The highest BCUT2D eigenvalue weighted by Crippen LogP contribution is 2.20. The topological polar surface area (TPSA) is 39.1 Å². The van der Waals surface area contributed by atoms with Gasteiger partial charge in [-0.3, -0.25) is 0 Å². The Morgan fingerprint density at radius 2 is 2.33 bits per heavy atom. The minimum atomic E-state index is -0.327. The first-order chi connectivity index (χ1) is 8.70. The van der Waals surface area contributed by atoms with Gasteiger partial charge in [-0.1, -0.05) is 6.42 Å². The zero-order valence-corrected chi connectivity index (χ0v) is 10.6. The van der Waals surface area contributed by atoms with Crippen molar-refractivity contribution in [3.05, 3.63) is 29.6 Å². The first kappa shape index (κ1) is 12.8. The fourth-order valence-electron chi connectivity index (χ4n) is 2.39. The van der Waals surface area contributed by atoms with Gasteiger partial charge in [0.1, 0.15) is 5.82 Å². The Bertz CT molecular complexity index is 447. The maximum Gasteiger partial charge on any atom is 0.147 e. The highest BCUT2D eigenvalue weighted by Gasteiger charge is 2.16. The SMILES string of the molecule is CN(CC1CCCCN1)c1ccc(C#N)cc1F. The summed E-state index contributed by atoms with van der Waals surface area (Å²) in [5.41, 5.74) is 0.918. The lowest BCUT2D eigenvalue weighted by molar-refractivity contribution is 0.402. The van der Waals surface area contributed by atoms with E-state index in [0.29, 0.717) is 17.3 Å². The minimum Gasteiger partial charge on any atom is -0.371 e. The molecule has 1 aliphatic heterocycles. The van der Waals surface area contributed by atoms with Crippen LogP contribution in [-0.4, -0.2) is 26.2 Å². The van der Waals surface area contributed by atoms with E-state index < -0.39 is 0 Å². The molecule has 1 aromatic rings. The summed E-state index contributed by atoms with van der Waals surface area (Å²) in [5.74, 6) is -0.327. The van der Waals surface area contributed by atoms with Crippen LogP contribution in [0.15, 0.2) is 18.2 Å². The van der Waals surface area contributed by atoms with E-state index in [0.717, 1.165) is 19.5 Å². The molecule has 0 bridgehead atoms. The molecule has 1 N–H and O–H groups in total. The molecule has 1 fully saturated rings. The van der Waals surface area contributed by atoms with Gasteiger partial charge < -0.3 is 10.2 Å². The van der Waals surface area contributed by atoms with Crippen LogP contribution in [-0.2, 0) is 0 Å². The summed E-state index contributed by atoms with van der Waals surface area (Å²) in [4.78, 5) is 1.92. The Labute approximate surface area is 107 Å². The third kappa shape index (κ3) is 2.99. The summed E-state index contributed by atoms with van der Waals surface area (Å²) in [6, 6.07) is 7.00. The summed E-state index contributed by atoms with van der Waals surface area (Å²) < 4.78 is 13.8. The largest absolute Gasteiger partial charge is 0.371 e. The second-order valence-corrected chi connectivity index (χ2v) is 4.81. The number of rotatable bonds is 3. The van der Waals surface area contributed by atoms with Crippen LogP contribution in [0.25, 0.3) is 0 Å². The molecule has 0 spiro atoms. The zero-order chi connectivity index (χ0) is 13.0. The molecule has 96 valence electrons. The molecule has 0 amide bonds. The molecule has 1 aromatic carbocycles. The van der Waals surface area contributed by atoms with Gasteiger partial charge in [0, 0.05) is 19.6 Å². The lowest BCUT2D eigenvalue weighted by Gasteiger charge is -2.29. The number of hydrogen-bond donors (Lipinski definition) is 1. The third-order valence-corrected chi connectivity index (χ3v) is 3.39. The van der Waals surface area contributed by atoms with E-state index in [9.17, 15) is 4.39 Å². The number of anilines is 1. The Kier molecular flexibility index (Phi) is 4.16. The van der Waals surface area contributed by atoms with Crippen molar-refractivity contribution in [3.8, 4) is 6.07 Å². The minimum absolute atomic E-state index is 0.327. The number of hydrogen-bond acceptors (Lipinski definition) is 3. The third-order valence-electron chi connectivity index (χ3n) is 3.39. The van der Waals surface area contributed by atoms with Crippen LogP contribution < -0.4 is 10.2 Å². The van der Waals surface area contributed by atoms with Crippen molar-refractivity contribution in [2.24, 2.45) is 0 Å². The molecule has 0 aromatic heterocycles. The van der Waals surface area contributed by atoms with Crippen molar-refractivity contribution >= 4 is 5.69 Å². The molecule has 1 unspecified atom stereocenters. The summed E-state index contributed by atoms with van der Waals surface area (Å²) in [7, 11) is 1.89. The van der Waals surface area contributed by atoms with Crippen LogP contribution in [0.1, 0.15) is 24.8 Å². The van der Waals surface area contributed by atoms with Crippen LogP contribution in [0.3, 0.4) is 0 Å². The van der Waals surface area contributed by atoms with Gasteiger partial charge in [0.05, 0.1) is 17.3 Å². The summed E-state index contributed by atoms with van der Waals surface area (Å²) in [6.45, 7) is 1.84. The Hall–Kier alpha value is -1.60. The maximum atomic E-state index is 13.8. The lowest BCUT2D eigenvalue weighted by Crippen LogP contribution is -2.42. The Morgan fingerprint density at radius 3 is 2.94 bits per heavy atom. The van der Waals surface area contributed by atoms with Gasteiger partial charge in [0.2, 0.25) is 0 Å². The van der Waals surface area contributed by atoms with Gasteiger partial charge in [-0.25, -0.2) is 4.39 Å². The van der Waals surface area contributed by atoms with Crippen molar-refractivity contribution in [3.63, 3.8) is 0 Å². The molecular weight excluding hydrogens is 229 g/mol. The van der Waals surface area contributed by atoms with Crippen LogP contribution in [0.2, 0.25) is 0 Å². The van der Waals surface area contributed by atoms with Gasteiger partial charge in [0.15, 0.2) is 0 Å². The van der Waals surface area contributed by atoms with Crippen molar-refractivity contribution in [2.45, 2.75) is 25.3 Å². The van der Waals surface area contributed by atoms with Gasteiger partial charge in [-0.05, 0) is 37.6 Å². The highest BCUT2D eigenvalue weighted by atomic mass is 19.1. The van der Waals surface area contributed by atoms with Crippen LogP contribution in [0, 0.1) is 17.1 Å². The molecule has 0 radical (unpaired) electrons. The van der Waals surface area contributed by atoms with Crippen molar-refractivity contribution < 1.29 is 4.39 Å². The smallest absolute Gasteiger partial charge is 0.147 e. The van der Waals surface area contributed by atoms with Crippen molar-refractivity contribution in [2.75, 3.05) is 25.0 Å². The van der Waals surface area contributed by atoms with E-state index in [1.54, 1.807) is 12.1 Å². The fraction of sp³-hybridized carbons (Fsp3) is 0.500. The van der Waals surface area contributed by atoms with E-state index in [-0.39, 0.29) is 5.82 Å². The number of piperidine rings is 1. The van der Waals surface area contributed by atoms with Crippen LogP contribution >= 0.6 is 0 Å². The highest BCUT2D eigenvalue weighted by molar-refractivity contribution is 5.50. The van der Waals surface area contributed by atoms with Crippen LogP contribution in [0.4, 0.5) is 10.1 Å². The first-order valence-corrected chi connectivity index (χ1v) is 6.35. The van der Waals surface area contributed by atoms with E-state index >= 15 is 0 Å². The fourth-order valence-corrected chi connectivity index (χ4v) is 2.39. The predicted molar refractivity (Wildman–Crippen MR) is 70.0 cm³/mol. The first-order valence-electron chi connectivity index (χ1n) is 6.35. The average Bonchev–Trinajstić information content (AvgIpc) is 2.39. The van der Waals surface area contributed by atoms with Gasteiger partial charge >= 0.3 is 0 Å². The molecule has 1 saturated heterocycles. The van der Waals surface area contributed by atoms with E-state index in [4.69, 9.17) is 5.26 Å². The second kappa shape index (κ2) is 5.83. The summed E-state index contributed by atoms with van der Waals surface area (Å²) in [6.07, 6.45) is 3.61. The van der Waals surface area contributed by atoms with Gasteiger partial charge in [-0.2, -0.15) is 5.26 Å². The van der Waals surface area contributed by atoms with Crippen molar-refractivity contribution in [1.82, 2.24) is 5.32 Å². The van der Waals surface area contributed by atoms with Crippen molar-refractivity contribution in [1.29, 1.82) is 5.26 Å². The molecule has 2 rings (SSSR count). The van der Waals surface area contributed by atoms with Gasteiger partial charge in [-0.15, -0.1) is 0 Å². The standard InChI is InChI=1S/C14H18FN3/c1-18(10-12-4-2-3-7-17-12)14-6-5-11(9-16)8-13(14)15/h5-6,8,12,17H,2-4,7,10H2,1H3. The quantitative estimate of drug-likeness (QED) is 0.890. The summed E-state index contributed by atoms with van der Waals surface area (Å²) in [5, 5.41) is 12.2. The number of nitriles is 1. The van der Waals surface area contributed by atoms with Crippen LogP contribution in [0.5, 0.6) is 0 Å². The lowest BCUT2D eigenvalue weighted by atomic mass is 10.0. The van der Waals surface area contributed by atoms with E-state index in [1.807, 2.05) is 18.0 Å². The predicted octanol–water partition coefficient (Wildman–Crippen LogP) is 2.28. The number of nitrogens with zero attached hydrogens (tertiary/aromatic N) is 2. The second-order valence-electron chi connectivity index (χ2n) is 4.81. The molecule has 1 aliphatic rings. The Morgan fingerprint density at radius 1 is 1.50 bits per heavy atom. The molecular formula is C14H18FN3. The Balaban J connectivity index is 2.04.